The van der Waals surface area contributed by atoms with Gasteiger partial charge in [-0.1, -0.05) is 17.3 Å². The van der Waals surface area contributed by atoms with Crippen LogP contribution < -0.4 is 0 Å². The molecular formula is C21H15F3N4O2. The first-order chi connectivity index (χ1) is 14.4. The fourth-order valence-electron chi connectivity index (χ4n) is 3.44. The first-order valence-electron chi connectivity index (χ1n) is 9.19. The minimum absolute atomic E-state index is 0.0359. The van der Waals surface area contributed by atoms with E-state index >= 15 is 0 Å². The number of benzene rings is 2. The number of amides is 1. The smallest absolute Gasteiger partial charge is 0.337 e. The Morgan fingerprint density at radius 3 is 2.67 bits per heavy atom. The van der Waals surface area contributed by atoms with E-state index in [-0.39, 0.29) is 23.2 Å². The van der Waals surface area contributed by atoms with Gasteiger partial charge in [0.25, 0.3) is 5.91 Å². The molecule has 1 amide bonds. The van der Waals surface area contributed by atoms with Crippen molar-refractivity contribution < 1.29 is 22.5 Å². The predicted octanol–water partition coefficient (Wildman–Crippen LogP) is 4.60. The Kier molecular flexibility index (Phi) is 4.99. The molecule has 2 aromatic carbocycles. The van der Waals surface area contributed by atoms with E-state index in [1.54, 1.807) is 29.2 Å². The lowest BCUT2D eigenvalue weighted by Gasteiger charge is -2.21. The van der Waals surface area contributed by atoms with Crippen molar-refractivity contribution in [3.63, 3.8) is 0 Å². The summed E-state index contributed by atoms with van der Waals surface area (Å²) in [5.41, 5.74) is 0.262. The number of hydrogen-bond acceptors (Lipinski definition) is 5. The zero-order valence-corrected chi connectivity index (χ0v) is 15.6. The molecular weight excluding hydrogens is 397 g/mol. The molecule has 9 heteroatoms. The molecule has 0 radical (unpaired) electrons. The molecule has 1 fully saturated rings. The molecule has 6 nitrogen and oxygen atoms in total. The number of nitriles is 1. The van der Waals surface area contributed by atoms with Gasteiger partial charge in [-0.25, -0.2) is 0 Å². The topological polar surface area (TPSA) is 83.0 Å². The lowest BCUT2D eigenvalue weighted by Crippen LogP contribution is -2.30. The van der Waals surface area contributed by atoms with Gasteiger partial charge in [0.05, 0.1) is 17.2 Å². The molecule has 3 aromatic rings. The molecule has 1 aromatic heterocycles. The maximum absolute atomic E-state index is 13.0. The molecule has 2 heterocycles. The largest absolute Gasteiger partial charge is 0.416 e. The molecule has 1 saturated heterocycles. The number of hydrogen-bond donors (Lipinski definition) is 0. The minimum atomic E-state index is -4.47. The van der Waals surface area contributed by atoms with E-state index in [0.717, 1.165) is 18.6 Å². The molecule has 30 heavy (non-hydrogen) atoms. The van der Waals surface area contributed by atoms with E-state index in [1.807, 2.05) is 6.07 Å². The van der Waals surface area contributed by atoms with E-state index in [4.69, 9.17) is 9.78 Å². The average molecular weight is 412 g/mol. The van der Waals surface area contributed by atoms with Crippen LogP contribution in [0.15, 0.2) is 53.1 Å². The Morgan fingerprint density at radius 2 is 1.97 bits per heavy atom. The van der Waals surface area contributed by atoms with Crippen molar-refractivity contribution in [3.05, 3.63) is 71.1 Å². The first-order valence-corrected chi connectivity index (χ1v) is 9.19. The average Bonchev–Trinajstić information content (AvgIpc) is 3.42. The van der Waals surface area contributed by atoms with Crippen LogP contribution in [0.25, 0.3) is 11.4 Å². The van der Waals surface area contributed by atoms with Gasteiger partial charge >= 0.3 is 6.18 Å². The zero-order valence-electron chi connectivity index (χ0n) is 15.6. The summed E-state index contributed by atoms with van der Waals surface area (Å²) in [5, 5.41) is 12.7. The zero-order chi connectivity index (χ0) is 21.3. The second-order valence-electron chi connectivity index (χ2n) is 6.88. The van der Waals surface area contributed by atoms with Gasteiger partial charge in [0.2, 0.25) is 11.7 Å². The first kappa shape index (κ1) is 19.6. The molecule has 0 bridgehead atoms. The summed E-state index contributed by atoms with van der Waals surface area (Å²) in [6, 6.07) is 12.5. The van der Waals surface area contributed by atoms with Gasteiger partial charge in [0, 0.05) is 17.7 Å². The van der Waals surface area contributed by atoms with Crippen LogP contribution in [0.5, 0.6) is 0 Å². The van der Waals surface area contributed by atoms with Gasteiger partial charge in [-0.05, 0) is 49.2 Å². The molecule has 0 N–H and O–H groups in total. The molecule has 1 aliphatic heterocycles. The van der Waals surface area contributed by atoms with Crippen molar-refractivity contribution in [1.82, 2.24) is 15.0 Å². The summed E-state index contributed by atoms with van der Waals surface area (Å²) in [5.74, 6) is -0.0171. The van der Waals surface area contributed by atoms with E-state index < -0.39 is 17.8 Å². The fourth-order valence-corrected chi connectivity index (χ4v) is 3.44. The van der Waals surface area contributed by atoms with E-state index in [1.165, 1.54) is 12.1 Å². The lowest BCUT2D eigenvalue weighted by atomic mass is 10.1. The van der Waals surface area contributed by atoms with Gasteiger partial charge < -0.3 is 9.42 Å². The van der Waals surface area contributed by atoms with Crippen molar-refractivity contribution in [2.75, 3.05) is 6.54 Å². The van der Waals surface area contributed by atoms with Crippen molar-refractivity contribution in [2.24, 2.45) is 0 Å². The molecule has 0 aliphatic carbocycles. The van der Waals surface area contributed by atoms with Crippen molar-refractivity contribution >= 4 is 5.91 Å². The molecule has 4 rings (SSSR count). The van der Waals surface area contributed by atoms with Crippen molar-refractivity contribution in [1.29, 1.82) is 5.26 Å². The molecule has 152 valence electrons. The number of nitrogens with zero attached hydrogens (tertiary/aromatic N) is 4. The number of rotatable bonds is 3. The molecule has 0 saturated carbocycles. The van der Waals surface area contributed by atoms with E-state index in [0.29, 0.717) is 24.1 Å². The highest BCUT2D eigenvalue weighted by atomic mass is 19.4. The number of carbonyl (C=O) groups is 1. The van der Waals surface area contributed by atoms with E-state index in [9.17, 15) is 18.0 Å². The highest BCUT2D eigenvalue weighted by Crippen LogP contribution is 2.35. The van der Waals surface area contributed by atoms with Gasteiger partial charge in [0.1, 0.15) is 6.04 Å². The summed E-state index contributed by atoms with van der Waals surface area (Å²) in [6.07, 6.45) is -3.14. The Labute approximate surface area is 169 Å². The number of carbonyl (C=O) groups excluding carboxylic acids is 1. The van der Waals surface area contributed by atoms with Gasteiger partial charge in [-0.3, -0.25) is 4.79 Å². The summed E-state index contributed by atoms with van der Waals surface area (Å²) in [7, 11) is 0. The van der Waals surface area contributed by atoms with Crippen LogP contribution in [0, 0.1) is 11.3 Å². The van der Waals surface area contributed by atoms with Crippen LogP contribution in [0.1, 0.15) is 46.3 Å². The molecule has 1 aliphatic rings. The van der Waals surface area contributed by atoms with Crippen LogP contribution >= 0.6 is 0 Å². The normalized spacial score (nSPS) is 16.5. The molecule has 1 unspecified atom stereocenters. The summed E-state index contributed by atoms with van der Waals surface area (Å²) < 4.78 is 44.2. The lowest BCUT2D eigenvalue weighted by molar-refractivity contribution is -0.137. The number of halogens is 3. The third-order valence-corrected chi connectivity index (χ3v) is 4.95. The van der Waals surface area contributed by atoms with Crippen LogP contribution in [0.3, 0.4) is 0 Å². The Hall–Kier alpha value is -3.67. The maximum Gasteiger partial charge on any atom is 0.416 e. The third kappa shape index (κ3) is 3.76. The molecule has 1 atom stereocenters. The Bertz CT molecular complexity index is 1120. The number of aromatic nitrogens is 2. The maximum atomic E-state index is 13.0. The quantitative estimate of drug-likeness (QED) is 0.628. The van der Waals surface area contributed by atoms with Gasteiger partial charge in [-0.2, -0.15) is 23.4 Å². The van der Waals surface area contributed by atoms with E-state index in [2.05, 4.69) is 10.1 Å². The standard InChI is InChI=1S/C21H15F3N4O2/c22-21(23,24)16-4-1-3-15(11-16)18-26-19(30-27-18)17-5-2-10-28(17)20(29)14-8-6-13(12-25)7-9-14/h1,3-4,6-9,11,17H,2,5,10H2. The molecule has 0 spiro atoms. The fraction of sp³-hybridized carbons (Fsp3) is 0.238. The summed E-state index contributed by atoms with van der Waals surface area (Å²) in [6.45, 7) is 0.491. The summed E-state index contributed by atoms with van der Waals surface area (Å²) in [4.78, 5) is 18.7. The third-order valence-electron chi connectivity index (χ3n) is 4.95. The van der Waals surface area contributed by atoms with Crippen LogP contribution in [-0.4, -0.2) is 27.5 Å². The van der Waals surface area contributed by atoms with Crippen molar-refractivity contribution in [3.8, 4) is 17.5 Å². The highest BCUT2D eigenvalue weighted by Gasteiger charge is 2.35. The van der Waals surface area contributed by atoms with Crippen LogP contribution in [-0.2, 0) is 6.18 Å². The second-order valence-corrected chi connectivity index (χ2v) is 6.88. The number of likely N-dealkylation sites (tertiary alicyclic amines) is 1. The predicted molar refractivity (Wildman–Crippen MR) is 98.9 cm³/mol. The van der Waals surface area contributed by atoms with Crippen LogP contribution in [0.4, 0.5) is 13.2 Å². The van der Waals surface area contributed by atoms with Gasteiger partial charge in [-0.15, -0.1) is 0 Å². The number of alkyl halides is 3. The van der Waals surface area contributed by atoms with Crippen LogP contribution in [0.2, 0.25) is 0 Å². The SMILES string of the molecule is N#Cc1ccc(C(=O)N2CCCC2c2nc(-c3cccc(C(F)(F)F)c3)no2)cc1. The highest BCUT2D eigenvalue weighted by molar-refractivity contribution is 5.94. The van der Waals surface area contributed by atoms with Gasteiger partial charge in [0.15, 0.2) is 0 Å². The monoisotopic (exact) mass is 412 g/mol. The minimum Gasteiger partial charge on any atom is -0.337 e. The Morgan fingerprint density at radius 1 is 1.20 bits per heavy atom. The summed E-state index contributed by atoms with van der Waals surface area (Å²) >= 11 is 0. The Balaban J connectivity index is 1.58. The second kappa shape index (κ2) is 7.63. The van der Waals surface area contributed by atoms with Crippen molar-refractivity contribution in [2.45, 2.75) is 25.1 Å².